The summed E-state index contributed by atoms with van der Waals surface area (Å²) in [4.78, 5) is 0. The zero-order valence-corrected chi connectivity index (χ0v) is 7.80. The predicted octanol–water partition coefficient (Wildman–Crippen LogP) is 1.90. The van der Waals surface area contributed by atoms with E-state index in [-0.39, 0.29) is 0 Å². The van der Waals surface area contributed by atoms with Crippen LogP contribution in [0.1, 0.15) is 13.3 Å². The van der Waals surface area contributed by atoms with E-state index in [0.29, 0.717) is 0 Å². The molecule has 0 aliphatic carbocycles. The molecule has 0 fully saturated rings. The fraction of sp³-hybridized carbons (Fsp3) is 0.333. The molecule has 0 aromatic heterocycles. The molecule has 0 aliphatic heterocycles. The van der Waals surface area contributed by atoms with Gasteiger partial charge in [-0.3, -0.25) is 5.09 Å². The number of benzene rings is 1. The first-order valence-electron chi connectivity index (χ1n) is 3.97. The summed E-state index contributed by atoms with van der Waals surface area (Å²) in [6, 6.07) is 10.5. The maximum absolute atomic E-state index is 3.38. The minimum atomic E-state index is 0.761. The van der Waals surface area contributed by atoms with E-state index in [9.17, 15) is 0 Å². The molecular weight excluding hydrogens is 153 g/mol. The molecule has 0 bridgehead atoms. The van der Waals surface area contributed by atoms with Crippen molar-refractivity contribution in [1.82, 2.24) is 5.09 Å². The van der Waals surface area contributed by atoms with Crippen molar-refractivity contribution < 1.29 is 0 Å². The number of hydrogen-bond acceptors (Lipinski definition) is 1. The number of nitrogens with one attached hydrogen (secondary N) is 1. The van der Waals surface area contributed by atoms with Crippen LogP contribution in [0, 0.1) is 0 Å². The van der Waals surface area contributed by atoms with Gasteiger partial charge in [0.2, 0.25) is 0 Å². The summed E-state index contributed by atoms with van der Waals surface area (Å²) in [7, 11) is 0.761. The molecule has 0 aliphatic rings. The monoisotopic (exact) mass is 167 g/mol. The van der Waals surface area contributed by atoms with E-state index >= 15 is 0 Å². The Morgan fingerprint density at radius 3 is 2.64 bits per heavy atom. The zero-order chi connectivity index (χ0) is 7.94. The van der Waals surface area contributed by atoms with Gasteiger partial charge in [0.05, 0.1) is 0 Å². The van der Waals surface area contributed by atoms with Gasteiger partial charge in [0.25, 0.3) is 0 Å². The van der Waals surface area contributed by atoms with Crippen LogP contribution in [0.15, 0.2) is 30.3 Å². The second-order valence-electron chi connectivity index (χ2n) is 2.42. The van der Waals surface area contributed by atoms with Crippen LogP contribution in [-0.4, -0.2) is 6.54 Å². The summed E-state index contributed by atoms with van der Waals surface area (Å²) in [5.74, 6) is 0. The largest absolute Gasteiger partial charge is 0.295 e. The SMILES string of the molecule is CCCNPc1ccccc1. The van der Waals surface area contributed by atoms with Crippen molar-refractivity contribution >= 4 is 14.0 Å². The molecule has 0 spiro atoms. The van der Waals surface area contributed by atoms with E-state index < -0.39 is 0 Å². The summed E-state index contributed by atoms with van der Waals surface area (Å²) in [6.45, 7) is 3.30. The van der Waals surface area contributed by atoms with Crippen LogP contribution < -0.4 is 10.4 Å². The van der Waals surface area contributed by atoms with Gasteiger partial charge in [-0.2, -0.15) is 0 Å². The van der Waals surface area contributed by atoms with Crippen LogP contribution in [0.2, 0.25) is 0 Å². The van der Waals surface area contributed by atoms with Gasteiger partial charge in [0.1, 0.15) is 0 Å². The first kappa shape index (κ1) is 8.70. The molecule has 1 rings (SSSR count). The van der Waals surface area contributed by atoms with Crippen LogP contribution in [0.5, 0.6) is 0 Å². The Labute approximate surface area is 70.0 Å². The molecule has 0 saturated carbocycles. The second-order valence-corrected chi connectivity index (χ2v) is 3.60. The van der Waals surface area contributed by atoms with Gasteiger partial charge in [-0.25, -0.2) is 0 Å². The highest BCUT2D eigenvalue weighted by Gasteiger charge is 1.87. The Kier molecular flexibility index (Phi) is 4.18. The summed E-state index contributed by atoms with van der Waals surface area (Å²) >= 11 is 0. The Balaban J connectivity index is 2.28. The predicted molar refractivity (Wildman–Crippen MR) is 52.7 cm³/mol. The summed E-state index contributed by atoms with van der Waals surface area (Å²) in [6.07, 6.45) is 1.21. The highest BCUT2D eigenvalue weighted by molar-refractivity contribution is 7.45. The summed E-state index contributed by atoms with van der Waals surface area (Å²) in [5.41, 5.74) is 0. The fourth-order valence-electron chi connectivity index (χ4n) is 0.811. The number of hydrogen-bond donors (Lipinski definition) is 1. The summed E-state index contributed by atoms with van der Waals surface area (Å²) < 4.78 is 0. The molecule has 1 aromatic rings. The Bertz CT molecular complexity index is 186. The van der Waals surface area contributed by atoms with Gasteiger partial charge < -0.3 is 0 Å². The third kappa shape index (κ3) is 3.50. The van der Waals surface area contributed by atoms with Gasteiger partial charge in [-0.1, -0.05) is 37.3 Å². The molecule has 2 heteroatoms. The van der Waals surface area contributed by atoms with E-state index in [1.165, 1.54) is 11.7 Å². The number of rotatable bonds is 4. The molecule has 1 atom stereocenters. The first-order chi connectivity index (χ1) is 5.43. The standard InChI is InChI=1S/C9H14NP/c1-2-8-10-11-9-6-4-3-5-7-9/h3-7,10-11H,2,8H2,1H3. The highest BCUT2D eigenvalue weighted by atomic mass is 31.1. The van der Waals surface area contributed by atoms with E-state index in [4.69, 9.17) is 0 Å². The topological polar surface area (TPSA) is 12.0 Å². The lowest BCUT2D eigenvalue weighted by Crippen LogP contribution is -2.07. The van der Waals surface area contributed by atoms with Gasteiger partial charge in [0.15, 0.2) is 0 Å². The van der Waals surface area contributed by atoms with Crippen LogP contribution in [0.25, 0.3) is 0 Å². The van der Waals surface area contributed by atoms with Crippen molar-refractivity contribution in [2.24, 2.45) is 0 Å². The molecular formula is C9H14NP. The lowest BCUT2D eigenvalue weighted by Gasteiger charge is -2.01. The lowest BCUT2D eigenvalue weighted by atomic mass is 10.4. The average molecular weight is 167 g/mol. The molecule has 1 N–H and O–H groups in total. The summed E-state index contributed by atoms with van der Waals surface area (Å²) in [5, 5.41) is 4.77. The molecule has 60 valence electrons. The molecule has 0 saturated heterocycles. The minimum Gasteiger partial charge on any atom is -0.295 e. The third-order valence-corrected chi connectivity index (χ3v) is 2.43. The van der Waals surface area contributed by atoms with Crippen LogP contribution >= 0.6 is 8.73 Å². The van der Waals surface area contributed by atoms with Gasteiger partial charge in [-0.15, -0.1) is 0 Å². The van der Waals surface area contributed by atoms with E-state index in [1.54, 1.807) is 0 Å². The van der Waals surface area contributed by atoms with Crippen molar-refractivity contribution in [3.63, 3.8) is 0 Å². The van der Waals surface area contributed by atoms with E-state index in [2.05, 4.69) is 36.3 Å². The maximum atomic E-state index is 3.38. The Hall–Kier alpha value is -0.390. The van der Waals surface area contributed by atoms with Crippen molar-refractivity contribution in [3.8, 4) is 0 Å². The minimum absolute atomic E-state index is 0.761. The van der Waals surface area contributed by atoms with Gasteiger partial charge >= 0.3 is 0 Å². The van der Waals surface area contributed by atoms with Crippen molar-refractivity contribution in [1.29, 1.82) is 0 Å². The van der Waals surface area contributed by atoms with E-state index in [0.717, 1.165) is 15.3 Å². The molecule has 0 heterocycles. The van der Waals surface area contributed by atoms with Gasteiger partial charge in [0, 0.05) is 0 Å². The third-order valence-electron chi connectivity index (χ3n) is 1.38. The Morgan fingerprint density at radius 2 is 2.00 bits per heavy atom. The molecule has 0 amide bonds. The van der Waals surface area contributed by atoms with E-state index in [1.807, 2.05) is 6.07 Å². The van der Waals surface area contributed by atoms with Crippen LogP contribution in [0.3, 0.4) is 0 Å². The second kappa shape index (κ2) is 5.29. The molecule has 0 radical (unpaired) electrons. The van der Waals surface area contributed by atoms with Crippen molar-refractivity contribution in [2.75, 3.05) is 6.54 Å². The molecule has 11 heavy (non-hydrogen) atoms. The quantitative estimate of drug-likeness (QED) is 0.533. The highest BCUT2D eigenvalue weighted by Crippen LogP contribution is 2.02. The lowest BCUT2D eigenvalue weighted by molar-refractivity contribution is 0.876. The molecule has 1 aromatic carbocycles. The van der Waals surface area contributed by atoms with Crippen molar-refractivity contribution in [2.45, 2.75) is 13.3 Å². The van der Waals surface area contributed by atoms with Crippen LogP contribution in [-0.2, 0) is 0 Å². The first-order valence-corrected chi connectivity index (χ1v) is 4.97. The maximum Gasteiger partial charge on any atom is -0.00120 e. The van der Waals surface area contributed by atoms with Crippen LogP contribution in [0.4, 0.5) is 0 Å². The fourth-order valence-corrected chi connectivity index (χ4v) is 1.75. The van der Waals surface area contributed by atoms with Crippen molar-refractivity contribution in [3.05, 3.63) is 30.3 Å². The zero-order valence-electron chi connectivity index (χ0n) is 6.80. The average Bonchev–Trinajstić information content (AvgIpc) is 2.07. The smallest absolute Gasteiger partial charge is 0.00120 e. The normalized spacial score (nSPS) is 11.0. The van der Waals surface area contributed by atoms with Gasteiger partial charge in [-0.05, 0) is 27.0 Å². The molecule has 1 unspecified atom stereocenters. The Morgan fingerprint density at radius 1 is 1.27 bits per heavy atom. The molecule has 1 nitrogen and oxygen atoms in total.